The predicted octanol–water partition coefficient (Wildman–Crippen LogP) is 1.94. The Balaban J connectivity index is 2.26. The average molecular weight is 256 g/mol. The van der Waals surface area contributed by atoms with Gasteiger partial charge in [-0.2, -0.15) is 0 Å². The van der Waals surface area contributed by atoms with Crippen molar-refractivity contribution in [3.63, 3.8) is 0 Å². The molecule has 1 amide bonds. The SMILES string of the molecule is CC(Nc1ccc(N)cc1C(N)=O)c1cccnc1. The van der Waals surface area contributed by atoms with E-state index in [1.165, 1.54) is 0 Å². The summed E-state index contributed by atoms with van der Waals surface area (Å²) in [6, 6.07) is 8.89. The number of nitrogen functional groups attached to an aromatic ring is 1. The van der Waals surface area contributed by atoms with Gasteiger partial charge in [-0.15, -0.1) is 0 Å². The number of pyridine rings is 1. The minimum Gasteiger partial charge on any atom is -0.399 e. The number of nitrogens with one attached hydrogen (secondary N) is 1. The van der Waals surface area contributed by atoms with E-state index >= 15 is 0 Å². The lowest BCUT2D eigenvalue weighted by Gasteiger charge is -2.17. The monoisotopic (exact) mass is 256 g/mol. The van der Waals surface area contributed by atoms with Gasteiger partial charge in [0.1, 0.15) is 0 Å². The molecular weight excluding hydrogens is 240 g/mol. The van der Waals surface area contributed by atoms with Gasteiger partial charge in [-0.3, -0.25) is 9.78 Å². The molecule has 0 aliphatic heterocycles. The fraction of sp³-hybridized carbons (Fsp3) is 0.143. The third-order valence-electron chi connectivity index (χ3n) is 2.87. The molecule has 0 aliphatic carbocycles. The summed E-state index contributed by atoms with van der Waals surface area (Å²) in [4.78, 5) is 15.5. The van der Waals surface area contributed by atoms with E-state index in [1.54, 1.807) is 30.6 Å². The maximum absolute atomic E-state index is 11.4. The molecule has 5 nitrogen and oxygen atoms in total. The van der Waals surface area contributed by atoms with Crippen molar-refractivity contribution in [2.24, 2.45) is 5.73 Å². The molecular formula is C14H16N4O. The summed E-state index contributed by atoms with van der Waals surface area (Å²) in [6.45, 7) is 1.98. The highest BCUT2D eigenvalue weighted by Gasteiger charge is 2.12. The first kappa shape index (κ1) is 12.9. The highest BCUT2D eigenvalue weighted by atomic mass is 16.1. The van der Waals surface area contributed by atoms with Gasteiger partial charge in [0.15, 0.2) is 0 Å². The van der Waals surface area contributed by atoms with Gasteiger partial charge in [0.2, 0.25) is 0 Å². The number of nitrogens with two attached hydrogens (primary N) is 2. The highest BCUT2D eigenvalue weighted by Crippen LogP contribution is 2.23. The molecule has 0 radical (unpaired) electrons. The Hall–Kier alpha value is -2.56. The molecule has 0 saturated heterocycles. The lowest BCUT2D eigenvalue weighted by atomic mass is 10.1. The van der Waals surface area contributed by atoms with Crippen molar-refractivity contribution in [1.82, 2.24) is 4.98 Å². The number of amides is 1. The molecule has 0 aliphatic rings. The first-order valence-electron chi connectivity index (χ1n) is 5.93. The Bertz CT molecular complexity index is 583. The number of aromatic nitrogens is 1. The number of primary amides is 1. The second-order valence-corrected chi connectivity index (χ2v) is 4.32. The van der Waals surface area contributed by atoms with Crippen molar-refractivity contribution in [3.05, 3.63) is 53.9 Å². The molecule has 1 atom stereocenters. The number of carbonyl (C=O) groups is 1. The lowest BCUT2D eigenvalue weighted by Crippen LogP contribution is -2.16. The Kier molecular flexibility index (Phi) is 3.66. The first-order chi connectivity index (χ1) is 9.08. The zero-order chi connectivity index (χ0) is 13.8. The molecule has 0 fully saturated rings. The van der Waals surface area contributed by atoms with Crippen molar-refractivity contribution in [2.75, 3.05) is 11.1 Å². The van der Waals surface area contributed by atoms with Crippen LogP contribution in [0.4, 0.5) is 11.4 Å². The summed E-state index contributed by atoms with van der Waals surface area (Å²) in [5.41, 5.74) is 13.6. The molecule has 1 heterocycles. The molecule has 0 saturated carbocycles. The third kappa shape index (κ3) is 3.01. The Labute approximate surface area is 111 Å². The van der Waals surface area contributed by atoms with E-state index in [0.717, 1.165) is 5.56 Å². The predicted molar refractivity (Wildman–Crippen MR) is 75.6 cm³/mol. The van der Waals surface area contributed by atoms with Crippen molar-refractivity contribution in [3.8, 4) is 0 Å². The largest absolute Gasteiger partial charge is 0.399 e. The number of hydrogen-bond donors (Lipinski definition) is 3. The Morgan fingerprint density at radius 1 is 1.37 bits per heavy atom. The topological polar surface area (TPSA) is 94.0 Å². The van der Waals surface area contributed by atoms with Crippen LogP contribution in [-0.4, -0.2) is 10.9 Å². The van der Waals surface area contributed by atoms with Crippen LogP contribution in [0.3, 0.4) is 0 Å². The minimum atomic E-state index is -0.506. The average Bonchev–Trinajstić information content (AvgIpc) is 2.41. The van der Waals surface area contributed by atoms with Crippen LogP contribution in [0.1, 0.15) is 28.9 Å². The Morgan fingerprint density at radius 2 is 2.16 bits per heavy atom. The van der Waals surface area contributed by atoms with Crippen LogP contribution in [0, 0.1) is 0 Å². The van der Waals surface area contributed by atoms with Gasteiger partial charge in [0.05, 0.1) is 11.6 Å². The molecule has 2 rings (SSSR count). The second kappa shape index (κ2) is 5.39. The Morgan fingerprint density at radius 3 is 2.79 bits per heavy atom. The number of hydrogen-bond acceptors (Lipinski definition) is 4. The third-order valence-corrected chi connectivity index (χ3v) is 2.87. The molecule has 2 aromatic rings. The van der Waals surface area contributed by atoms with Gasteiger partial charge in [-0.05, 0) is 36.8 Å². The summed E-state index contributed by atoms with van der Waals surface area (Å²) >= 11 is 0. The zero-order valence-corrected chi connectivity index (χ0v) is 10.6. The molecule has 1 aromatic carbocycles. The van der Waals surface area contributed by atoms with Crippen LogP contribution in [0.25, 0.3) is 0 Å². The van der Waals surface area contributed by atoms with Crippen LogP contribution in [0.15, 0.2) is 42.7 Å². The van der Waals surface area contributed by atoms with Gasteiger partial charge in [-0.25, -0.2) is 0 Å². The molecule has 98 valence electrons. The number of benzene rings is 1. The standard InChI is InChI=1S/C14H16N4O/c1-9(10-3-2-6-17-8-10)18-13-5-4-11(15)7-12(13)14(16)19/h2-9,18H,15H2,1H3,(H2,16,19). The lowest BCUT2D eigenvalue weighted by molar-refractivity contribution is 0.100. The van der Waals surface area contributed by atoms with E-state index in [2.05, 4.69) is 10.3 Å². The van der Waals surface area contributed by atoms with Crippen LogP contribution < -0.4 is 16.8 Å². The van der Waals surface area contributed by atoms with E-state index in [0.29, 0.717) is 16.9 Å². The van der Waals surface area contributed by atoms with Crippen LogP contribution in [0.2, 0.25) is 0 Å². The molecule has 1 aromatic heterocycles. The molecule has 19 heavy (non-hydrogen) atoms. The maximum Gasteiger partial charge on any atom is 0.250 e. The van der Waals surface area contributed by atoms with Gasteiger partial charge in [-0.1, -0.05) is 6.07 Å². The van der Waals surface area contributed by atoms with E-state index < -0.39 is 5.91 Å². The normalized spacial score (nSPS) is 11.8. The van der Waals surface area contributed by atoms with Crippen molar-refractivity contribution < 1.29 is 4.79 Å². The van der Waals surface area contributed by atoms with Crippen LogP contribution in [-0.2, 0) is 0 Å². The summed E-state index contributed by atoms with van der Waals surface area (Å²) in [5, 5.41) is 3.24. The first-order valence-corrected chi connectivity index (χ1v) is 5.93. The van der Waals surface area contributed by atoms with Crippen molar-refractivity contribution in [1.29, 1.82) is 0 Å². The van der Waals surface area contributed by atoms with Gasteiger partial charge in [0.25, 0.3) is 5.91 Å². The summed E-state index contributed by atoms with van der Waals surface area (Å²) in [6.07, 6.45) is 3.49. The summed E-state index contributed by atoms with van der Waals surface area (Å²) in [5.74, 6) is -0.506. The fourth-order valence-corrected chi connectivity index (χ4v) is 1.84. The quantitative estimate of drug-likeness (QED) is 0.728. The van der Waals surface area contributed by atoms with Gasteiger partial charge in [0, 0.05) is 23.8 Å². The second-order valence-electron chi connectivity index (χ2n) is 4.32. The summed E-state index contributed by atoms with van der Waals surface area (Å²) < 4.78 is 0. The fourth-order valence-electron chi connectivity index (χ4n) is 1.84. The minimum absolute atomic E-state index is 0.00965. The maximum atomic E-state index is 11.4. The van der Waals surface area contributed by atoms with Gasteiger partial charge < -0.3 is 16.8 Å². The molecule has 1 unspecified atom stereocenters. The zero-order valence-electron chi connectivity index (χ0n) is 10.6. The number of anilines is 2. The van der Waals surface area contributed by atoms with E-state index in [-0.39, 0.29) is 6.04 Å². The highest BCUT2D eigenvalue weighted by molar-refractivity contribution is 5.99. The van der Waals surface area contributed by atoms with E-state index in [4.69, 9.17) is 11.5 Å². The molecule has 5 N–H and O–H groups in total. The van der Waals surface area contributed by atoms with E-state index in [1.807, 2.05) is 19.1 Å². The molecule has 5 heteroatoms. The molecule has 0 spiro atoms. The van der Waals surface area contributed by atoms with E-state index in [9.17, 15) is 4.79 Å². The number of rotatable bonds is 4. The smallest absolute Gasteiger partial charge is 0.250 e. The van der Waals surface area contributed by atoms with Crippen LogP contribution >= 0.6 is 0 Å². The van der Waals surface area contributed by atoms with Gasteiger partial charge >= 0.3 is 0 Å². The number of carbonyl (C=O) groups excluding carboxylic acids is 1. The van der Waals surface area contributed by atoms with Crippen molar-refractivity contribution >= 4 is 17.3 Å². The number of nitrogens with zero attached hydrogens (tertiary/aromatic N) is 1. The van der Waals surface area contributed by atoms with Crippen molar-refractivity contribution in [2.45, 2.75) is 13.0 Å². The molecule has 0 bridgehead atoms. The van der Waals surface area contributed by atoms with Crippen LogP contribution in [0.5, 0.6) is 0 Å². The summed E-state index contributed by atoms with van der Waals surface area (Å²) in [7, 11) is 0.